The van der Waals surface area contributed by atoms with Gasteiger partial charge in [0.25, 0.3) is 0 Å². The zero-order valence-electron chi connectivity index (χ0n) is 9.77. The van der Waals surface area contributed by atoms with E-state index in [0.717, 1.165) is 25.8 Å². The molecule has 0 saturated carbocycles. The summed E-state index contributed by atoms with van der Waals surface area (Å²) in [6, 6.07) is 10.0. The number of hydrogen-bond donors (Lipinski definition) is 2. The summed E-state index contributed by atoms with van der Waals surface area (Å²) >= 11 is 5.10. The Morgan fingerprint density at radius 2 is 2.11 bits per heavy atom. The molecule has 0 fully saturated rings. The van der Waals surface area contributed by atoms with Crippen molar-refractivity contribution >= 4 is 38.2 Å². The topological polar surface area (TPSA) is 36.0 Å². The zero-order valence-corrected chi connectivity index (χ0v) is 12.2. The molecule has 4 heteroatoms. The van der Waals surface area contributed by atoms with Crippen LogP contribution in [0.1, 0.15) is 21.4 Å². The summed E-state index contributed by atoms with van der Waals surface area (Å²) in [6.07, 6.45) is 1.35. The van der Waals surface area contributed by atoms with Crippen LogP contribution in [0.2, 0.25) is 0 Å². The van der Waals surface area contributed by atoms with Gasteiger partial charge in [-0.05, 0) is 58.1 Å². The summed E-state index contributed by atoms with van der Waals surface area (Å²) in [4.78, 5) is 5.31. The predicted octanol–water partition coefficient (Wildman–Crippen LogP) is 4.38. The fraction of sp³-hybridized carbons (Fsp3) is 0.143. The second-order valence-corrected chi connectivity index (χ2v) is 6.42. The first-order valence-electron chi connectivity index (χ1n) is 5.66. The molecule has 0 aliphatic heterocycles. The highest BCUT2D eigenvalue weighted by Gasteiger charge is 2.14. The number of nitrogens with one attached hydrogen (secondary N) is 1. The molecular weight excluding hydrogens is 310 g/mol. The lowest BCUT2D eigenvalue weighted by atomic mass is 10.1. The van der Waals surface area contributed by atoms with E-state index < -0.39 is 6.10 Å². The van der Waals surface area contributed by atoms with Crippen molar-refractivity contribution in [1.29, 1.82) is 0 Å². The lowest BCUT2D eigenvalue weighted by Gasteiger charge is -2.08. The molecule has 3 aromatic rings. The molecule has 1 unspecified atom stereocenters. The van der Waals surface area contributed by atoms with E-state index >= 15 is 0 Å². The number of aromatic amines is 1. The van der Waals surface area contributed by atoms with Gasteiger partial charge >= 0.3 is 0 Å². The normalized spacial score (nSPS) is 13.1. The minimum absolute atomic E-state index is 0.556. The van der Waals surface area contributed by atoms with E-state index in [1.54, 1.807) is 11.3 Å². The van der Waals surface area contributed by atoms with Gasteiger partial charge < -0.3 is 10.1 Å². The van der Waals surface area contributed by atoms with Gasteiger partial charge in [-0.2, -0.15) is 0 Å². The average molecular weight is 322 g/mol. The third-order valence-electron chi connectivity index (χ3n) is 3.04. The lowest BCUT2D eigenvalue weighted by molar-refractivity contribution is 0.224. The molecular formula is C14H12BrNOS. The Bertz CT molecular complexity index is 681. The third-order valence-corrected chi connectivity index (χ3v) is 5.23. The molecule has 2 N–H and O–H groups in total. The highest BCUT2D eigenvalue weighted by molar-refractivity contribution is 9.10. The van der Waals surface area contributed by atoms with E-state index in [4.69, 9.17) is 0 Å². The molecule has 3 rings (SSSR count). The largest absolute Gasteiger partial charge is 0.383 e. The first-order chi connectivity index (χ1) is 8.65. The molecule has 18 heavy (non-hydrogen) atoms. The van der Waals surface area contributed by atoms with Crippen LogP contribution in [0.3, 0.4) is 0 Å². The number of aliphatic hydroxyl groups excluding tert-OH is 1. The van der Waals surface area contributed by atoms with Gasteiger partial charge in [-0.1, -0.05) is 6.07 Å². The van der Waals surface area contributed by atoms with E-state index in [9.17, 15) is 5.11 Å². The van der Waals surface area contributed by atoms with Crippen LogP contribution >= 0.6 is 27.3 Å². The smallest absolute Gasteiger partial charge is 0.113 e. The summed E-state index contributed by atoms with van der Waals surface area (Å²) < 4.78 is 1.06. The molecule has 2 heterocycles. The maximum Gasteiger partial charge on any atom is 0.113 e. The van der Waals surface area contributed by atoms with E-state index in [1.807, 2.05) is 43.5 Å². The Kier molecular flexibility index (Phi) is 3.01. The monoisotopic (exact) mass is 321 g/mol. The molecule has 1 atom stereocenters. The molecule has 0 bridgehead atoms. The Morgan fingerprint density at radius 1 is 1.28 bits per heavy atom. The Morgan fingerprint density at radius 3 is 2.83 bits per heavy atom. The number of fused-ring (bicyclic) bond motifs is 1. The molecule has 2 aromatic heterocycles. The van der Waals surface area contributed by atoms with Crippen LogP contribution in [-0.2, 0) is 0 Å². The number of rotatable bonds is 2. The number of halogens is 1. The fourth-order valence-electron chi connectivity index (χ4n) is 2.02. The molecule has 2 nitrogen and oxygen atoms in total. The summed E-state index contributed by atoms with van der Waals surface area (Å²) in [5, 5.41) is 11.5. The zero-order chi connectivity index (χ0) is 12.7. The van der Waals surface area contributed by atoms with Gasteiger partial charge in [-0.25, -0.2) is 0 Å². The average Bonchev–Trinajstić information content (AvgIpc) is 2.95. The lowest BCUT2D eigenvalue weighted by Crippen LogP contribution is -1.96. The summed E-state index contributed by atoms with van der Waals surface area (Å²) in [7, 11) is 0. The second-order valence-electron chi connectivity index (χ2n) is 4.28. The minimum Gasteiger partial charge on any atom is -0.383 e. The SMILES string of the molecule is Cc1sc(C(O)c2ccc3[nH]ccc3c2)cc1Br. The Balaban J connectivity index is 2.02. The number of hydrogen-bond acceptors (Lipinski definition) is 2. The molecule has 0 spiro atoms. The summed E-state index contributed by atoms with van der Waals surface area (Å²) in [5.74, 6) is 0. The quantitative estimate of drug-likeness (QED) is 0.721. The summed E-state index contributed by atoms with van der Waals surface area (Å²) in [6.45, 7) is 2.04. The van der Waals surface area contributed by atoms with Crippen LogP contribution in [0, 0.1) is 6.92 Å². The summed E-state index contributed by atoms with van der Waals surface area (Å²) in [5.41, 5.74) is 2.02. The Labute approximate surface area is 117 Å². The van der Waals surface area contributed by atoms with Crippen molar-refractivity contribution in [2.24, 2.45) is 0 Å². The van der Waals surface area contributed by atoms with Crippen molar-refractivity contribution < 1.29 is 5.11 Å². The number of thiophene rings is 1. The maximum atomic E-state index is 10.4. The highest BCUT2D eigenvalue weighted by Crippen LogP contribution is 2.34. The van der Waals surface area contributed by atoms with Gasteiger partial charge in [0.05, 0.1) is 0 Å². The third kappa shape index (κ3) is 2.00. The van der Waals surface area contributed by atoms with Crippen LogP contribution < -0.4 is 0 Å². The van der Waals surface area contributed by atoms with Crippen LogP contribution in [0.15, 0.2) is 41.0 Å². The highest BCUT2D eigenvalue weighted by atomic mass is 79.9. The maximum absolute atomic E-state index is 10.4. The molecule has 92 valence electrons. The number of aryl methyl sites for hydroxylation is 1. The van der Waals surface area contributed by atoms with Crippen LogP contribution in [0.4, 0.5) is 0 Å². The molecule has 1 aromatic carbocycles. The van der Waals surface area contributed by atoms with Crippen molar-refractivity contribution in [3.05, 3.63) is 56.3 Å². The van der Waals surface area contributed by atoms with Crippen molar-refractivity contribution in [2.45, 2.75) is 13.0 Å². The first kappa shape index (κ1) is 12.0. The van der Waals surface area contributed by atoms with Gasteiger partial charge in [0.1, 0.15) is 6.10 Å². The van der Waals surface area contributed by atoms with Gasteiger partial charge in [-0.15, -0.1) is 11.3 Å². The molecule has 0 radical (unpaired) electrons. The van der Waals surface area contributed by atoms with Gasteiger partial charge in [0, 0.05) is 25.9 Å². The van der Waals surface area contributed by atoms with E-state index in [0.29, 0.717) is 0 Å². The predicted molar refractivity (Wildman–Crippen MR) is 79.1 cm³/mol. The van der Waals surface area contributed by atoms with Crippen LogP contribution in [0.5, 0.6) is 0 Å². The van der Waals surface area contributed by atoms with Gasteiger partial charge in [-0.3, -0.25) is 0 Å². The van der Waals surface area contributed by atoms with Crippen molar-refractivity contribution in [3.8, 4) is 0 Å². The van der Waals surface area contributed by atoms with Crippen molar-refractivity contribution in [2.75, 3.05) is 0 Å². The van der Waals surface area contributed by atoms with Crippen molar-refractivity contribution in [1.82, 2.24) is 4.98 Å². The number of benzene rings is 1. The van der Waals surface area contributed by atoms with Gasteiger partial charge in [0.15, 0.2) is 0 Å². The Hall–Kier alpha value is -1.10. The fourth-order valence-corrected chi connectivity index (χ4v) is 3.60. The van der Waals surface area contributed by atoms with Gasteiger partial charge in [0.2, 0.25) is 0 Å². The molecule has 0 amide bonds. The number of aliphatic hydroxyl groups is 1. The van der Waals surface area contributed by atoms with E-state index in [2.05, 4.69) is 20.9 Å². The first-order valence-corrected chi connectivity index (χ1v) is 7.27. The van der Waals surface area contributed by atoms with E-state index in [-0.39, 0.29) is 0 Å². The number of aromatic nitrogens is 1. The molecule has 0 aliphatic carbocycles. The van der Waals surface area contributed by atoms with Crippen LogP contribution in [0.25, 0.3) is 10.9 Å². The standard InChI is InChI=1S/C14H12BrNOS/c1-8-11(15)7-13(18-8)14(17)10-2-3-12-9(6-10)4-5-16-12/h2-7,14,16-17H,1H3. The molecule has 0 aliphatic rings. The minimum atomic E-state index is -0.556. The second kappa shape index (κ2) is 4.53. The number of H-pyrrole nitrogens is 1. The van der Waals surface area contributed by atoms with Crippen molar-refractivity contribution in [3.63, 3.8) is 0 Å². The molecule has 0 saturated heterocycles. The van der Waals surface area contributed by atoms with E-state index in [1.165, 1.54) is 4.88 Å². The van der Waals surface area contributed by atoms with Crippen LogP contribution in [-0.4, -0.2) is 10.1 Å².